The number of alkyl halides is 3. The quantitative estimate of drug-likeness (QED) is 0.475. The number of nitrogens with zero attached hydrogens (tertiary/aromatic N) is 1. The number of carbonyl (C=O) groups excluding carboxylic acids is 1. The zero-order chi connectivity index (χ0) is 22.9. The number of nitrogens with one attached hydrogen (secondary N) is 1. The van der Waals surface area contributed by atoms with Gasteiger partial charge in [0.15, 0.2) is 0 Å². The summed E-state index contributed by atoms with van der Waals surface area (Å²) < 4.78 is 37.4. The van der Waals surface area contributed by atoms with E-state index in [1.165, 1.54) is 12.1 Å². The van der Waals surface area contributed by atoms with Crippen LogP contribution in [0.5, 0.6) is 0 Å². The molecule has 0 bridgehead atoms. The number of rotatable bonds is 4. The van der Waals surface area contributed by atoms with E-state index in [1.54, 1.807) is 6.07 Å². The topological polar surface area (TPSA) is 32.3 Å². The van der Waals surface area contributed by atoms with Crippen LogP contribution in [0.15, 0.2) is 54.6 Å². The Kier molecular flexibility index (Phi) is 6.32. The third kappa shape index (κ3) is 5.02. The van der Waals surface area contributed by atoms with Gasteiger partial charge in [0, 0.05) is 31.0 Å². The van der Waals surface area contributed by atoms with Gasteiger partial charge in [-0.1, -0.05) is 41.9 Å². The molecule has 0 aliphatic carbocycles. The molecule has 3 nitrogen and oxygen atoms in total. The molecule has 3 aromatic carbocycles. The summed E-state index contributed by atoms with van der Waals surface area (Å²) in [4.78, 5) is 13.2. The second-order valence-electron chi connectivity index (χ2n) is 7.57. The van der Waals surface area contributed by atoms with Crippen LogP contribution in [0, 0.1) is 13.8 Å². The highest BCUT2D eigenvalue weighted by Gasteiger charge is 2.38. The summed E-state index contributed by atoms with van der Waals surface area (Å²) in [5.74, 6) is -2.03. The minimum Gasteiger partial charge on any atom is -0.378 e. The standard InChI is InChI=1S/C24H22ClF3N2O/c1-14-12-21(15(2)11-20(14)16-5-8-18(9-6-16)30(3)4)19-10-7-17(13-22(19)25)29-23(31)24(26,27)28/h5-13H,1-4H3,(H,29,31). The molecule has 0 radical (unpaired) electrons. The van der Waals surface area contributed by atoms with Gasteiger partial charge in [0.1, 0.15) is 0 Å². The highest BCUT2D eigenvalue weighted by Crippen LogP contribution is 2.36. The van der Waals surface area contributed by atoms with Gasteiger partial charge in [-0.2, -0.15) is 13.2 Å². The maximum absolute atomic E-state index is 12.5. The maximum Gasteiger partial charge on any atom is 0.471 e. The summed E-state index contributed by atoms with van der Waals surface area (Å²) >= 11 is 6.35. The molecule has 162 valence electrons. The van der Waals surface area contributed by atoms with E-state index in [2.05, 4.69) is 30.3 Å². The van der Waals surface area contributed by atoms with E-state index in [4.69, 9.17) is 11.6 Å². The van der Waals surface area contributed by atoms with Crippen LogP contribution in [0.4, 0.5) is 24.5 Å². The molecule has 0 saturated carbocycles. The first-order chi connectivity index (χ1) is 14.5. The molecule has 7 heteroatoms. The van der Waals surface area contributed by atoms with Crippen LogP contribution in [0.25, 0.3) is 22.3 Å². The van der Waals surface area contributed by atoms with Gasteiger partial charge in [-0.05, 0) is 65.9 Å². The van der Waals surface area contributed by atoms with Gasteiger partial charge in [-0.15, -0.1) is 0 Å². The van der Waals surface area contributed by atoms with Crippen molar-refractivity contribution in [1.29, 1.82) is 0 Å². The summed E-state index contributed by atoms with van der Waals surface area (Å²) in [7, 11) is 3.98. The third-order valence-electron chi connectivity index (χ3n) is 5.04. The Morgan fingerprint density at radius 1 is 0.871 bits per heavy atom. The molecule has 0 atom stereocenters. The normalized spacial score (nSPS) is 11.4. The SMILES string of the molecule is Cc1cc(-c2ccc(NC(=O)C(F)(F)F)cc2Cl)c(C)cc1-c1ccc(N(C)C)cc1. The molecule has 0 aromatic heterocycles. The predicted molar refractivity (Wildman–Crippen MR) is 121 cm³/mol. The Labute approximate surface area is 184 Å². The molecule has 1 N–H and O–H groups in total. The average Bonchev–Trinajstić information content (AvgIpc) is 2.69. The van der Waals surface area contributed by atoms with Crippen LogP contribution in [0.2, 0.25) is 5.02 Å². The van der Waals surface area contributed by atoms with E-state index >= 15 is 0 Å². The summed E-state index contributed by atoms with van der Waals surface area (Å²) in [5.41, 5.74) is 6.87. The first kappa shape index (κ1) is 22.7. The highest BCUT2D eigenvalue weighted by atomic mass is 35.5. The molecule has 0 aliphatic rings. The van der Waals surface area contributed by atoms with Crippen LogP contribution < -0.4 is 10.2 Å². The monoisotopic (exact) mass is 446 g/mol. The summed E-state index contributed by atoms with van der Waals surface area (Å²) in [5, 5.41) is 2.07. The smallest absolute Gasteiger partial charge is 0.378 e. The molecule has 0 aliphatic heterocycles. The Hall–Kier alpha value is -2.99. The van der Waals surface area contributed by atoms with Crippen molar-refractivity contribution in [3.8, 4) is 22.3 Å². The number of hydrogen-bond donors (Lipinski definition) is 1. The molecule has 0 heterocycles. The van der Waals surface area contributed by atoms with Gasteiger partial charge in [0.2, 0.25) is 0 Å². The molecule has 0 saturated heterocycles. The van der Waals surface area contributed by atoms with E-state index < -0.39 is 12.1 Å². The Morgan fingerprint density at radius 3 is 2.00 bits per heavy atom. The van der Waals surface area contributed by atoms with Gasteiger partial charge in [0.25, 0.3) is 0 Å². The molecule has 1 amide bonds. The number of halogens is 4. The molecule has 0 spiro atoms. The predicted octanol–water partition coefficient (Wildman–Crippen LogP) is 6.86. The molecular weight excluding hydrogens is 425 g/mol. The Morgan fingerprint density at radius 2 is 1.45 bits per heavy atom. The lowest BCUT2D eigenvalue weighted by molar-refractivity contribution is -0.167. The largest absolute Gasteiger partial charge is 0.471 e. The fraction of sp³-hybridized carbons (Fsp3) is 0.208. The minimum absolute atomic E-state index is 0.0111. The van der Waals surface area contributed by atoms with E-state index in [9.17, 15) is 18.0 Å². The van der Waals surface area contributed by atoms with Crippen molar-refractivity contribution in [2.24, 2.45) is 0 Å². The Balaban J connectivity index is 1.93. The van der Waals surface area contributed by atoms with E-state index in [1.807, 2.05) is 44.2 Å². The first-order valence-corrected chi connectivity index (χ1v) is 9.92. The number of amides is 1. The molecule has 3 aromatic rings. The average molecular weight is 447 g/mol. The number of benzene rings is 3. The minimum atomic E-state index is -4.96. The van der Waals surface area contributed by atoms with Crippen molar-refractivity contribution in [3.05, 3.63) is 70.7 Å². The van der Waals surface area contributed by atoms with Crippen LogP contribution in [-0.4, -0.2) is 26.2 Å². The van der Waals surface area contributed by atoms with Gasteiger partial charge in [-0.25, -0.2) is 0 Å². The fourth-order valence-electron chi connectivity index (χ4n) is 3.37. The number of anilines is 2. The fourth-order valence-corrected chi connectivity index (χ4v) is 3.65. The lowest BCUT2D eigenvalue weighted by atomic mass is 9.91. The zero-order valence-electron chi connectivity index (χ0n) is 17.6. The molecular formula is C24H22ClF3N2O. The number of aryl methyl sites for hydroxylation is 2. The molecule has 0 fully saturated rings. The lowest BCUT2D eigenvalue weighted by Crippen LogP contribution is -2.29. The van der Waals surface area contributed by atoms with Gasteiger partial charge in [-0.3, -0.25) is 4.79 Å². The maximum atomic E-state index is 12.5. The Bertz CT molecular complexity index is 1120. The second kappa shape index (κ2) is 8.63. The van der Waals surface area contributed by atoms with Crippen molar-refractivity contribution in [2.45, 2.75) is 20.0 Å². The van der Waals surface area contributed by atoms with Crippen molar-refractivity contribution in [3.63, 3.8) is 0 Å². The molecule has 3 rings (SSSR count). The van der Waals surface area contributed by atoms with Crippen molar-refractivity contribution in [2.75, 3.05) is 24.3 Å². The lowest BCUT2D eigenvalue weighted by Gasteiger charge is -2.16. The van der Waals surface area contributed by atoms with Gasteiger partial charge >= 0.3 is 12.1 Å². The van der Waals surface area contributed by atoms with Crippen LogP contribution in [-0.2, 0) is 4.79 Å². The van der Waals surface area contributed by atoms with Crippen LogP contribution in [0.1, 0.15) is 11.1 Å². The first-order valence-electron chi connectivity index (χ1n) is 9.54. The van der Waals surface area contributed by atoms with E-state index in [0.29, 0.717) is 5.56 Å². The van der Waals surface area contributed by atoms with Gasteiger partial charge in [0.05, 0.1) is 5.02 Å². The van der Waals surface area contributed by atoms with Crippen LogP contribution >= 0.6 is 11.6 Å². The number of hydrogen-bond acceptors (Lipinski definition) is 2. The van der Waals surface area contributed by atoms with E-state index in [0.717, 1.165) is 33.5 Å². The van der Waals surface area contributed by atoms with Crippen molar-refractivity contribution in [1.82, 2.24) is 0 Å². The van der Waals surface area contributed by atoms with Crippen molar-refractivity contribution < 1.29 is 18.0 Å². The summed E-state index contributed by atoms with van der Waals surface area (Å²) in [6.45, 7) is 3.96. The number of carbonyl (C=O) groups is 1. The molecule has 0 unspecified atom stereocenters. The van der Waals surface area contributed by atoms with Gasteiger partial charge < -0.3 is 10.2 Å². The van der Waals surface area contributed by atoms with Crippen LogP contribution in [0.3, 0.4) is 0 Å². The van der Waals surface area contributed by atoms with Crippen molar-refractivity contribution >= 4 is 28.9 Å². The van der Waals surface area contributed by atoms with E-state index in [-0.39, 0.29) is 10.7 Å². The highest BCUT2D eigenvalue weighted by molar-refractivity contribution is 6.33. The molecule has 31 heavy (non-hydrogen) atoms. The zero-order valence-corrected chi connectivity index (χ0v) is 18.3. The third-order valence-corrected chi connectivity index (χ3v) is 5.35. The second-order valence-corrected chi connectivity index (χ2v) is 7.98. The summed E-state index contributed by atoms with van der Waals surface area (Å²) in [6.07, 6.45) is -4.96. The summed E-state index contributed by atoms with van der Waals surface area (Å²) in [6, 6.07) is 16.7.